The molecule has 1 aliphatic carbocycles. The summed E-state index contributed by atoms with van der Waals surface area (Å²) in [5.74, 6) is -2.64. The van der Waals surface area contributed by atoms with Crippen LogP contribution in [0.4, 0.5) is 17.6 Å². The fourth-order valence-corrected chi connectivity index (χ4v) is 5.02. The molecule has 0 bridgehead atoms. The van der Waals surface area contributed by atoms with Gasteiger partial charge in [-0.25, -0.2) is 8.78 Å². The van der Waals surface area contributed by atoms with Gasteiger partial charge in [-0.05, 0) is 66.8 Å². The summed E-state index contributed by atoms with van der Waals surface area (Å²) >= 11 is 0. The van der Waals surface area contributed by atoms with Crippen LogP contribution in [0.15, 0.2) is 36.4 Å². The van der Waals surface area contributed by atoms with Crippen molar-refractivity contribution in [2.45, 2.75) is 50.7 Å². The molecule has 5 nitrogen and oxygen atoms in total. The Bertz CT molecular complexity index is 1060. The molecule has 2 fully saturated rings. The van der Waals surface area contributed by atoms with Gasteiger partial charge in [-0.2, -0.15) is 8.78 Å². The first kappa shape index (κ1) is 22.2. The molecule has 2 aromatic carbocycles. The van der Waals surface area contributed by atoms with Crippen LogP contribution in [0.25, 0.3) is 0 Å². The lowest BCUT2D eigenvalue weighted by atomic mass is 9.75. The second-order valence-electron chi connectivity index (χ2n) is 8.83. The average molecular weight is 464 g/mol. The number of nitrogens with zero attached hydrogens (tertiary/aromatic N) is 1. The van der Waals surface area contributed by atoms with E-state index in [0.717, 1.165) is 25.0 Å². The van der Waals surface area contributed by atoms with Crippen LogP contribution in [0.1, 0.15) is 36.0 Å². The zero-order valence-electron chi connectivity index (χ0n) is 17.8. The Labute approximate surface area is 188 Å². The van der Waals surface area contributed by atoms with E-state index in [1.54, 1.807) is 17.0 Å². The number of carbonyl (C=O) groups is 1. The number of ether oxygens (including phenoxy) is 2. The molecule has 0 radical (unpaired) electrons. The van der Waals surface area contributed by atoms with Crippen molar-refractivity contribution < 1.29 is 31.8 Å². The third kappa shape index (κ3) is 4.19. The molecule has 1 saturated heterocycles. The minimum Gasteiger partial charge on any atom is -0.435 e. The maximum absolute atomic E-state index is 14.1. The van der Waals surface area contributed by atoms with Crippen LogP contribution < -0.4 is 10.1 Å². The standard InChI is InChI=1S/C24H24F4N2O3/c25-20-9-15-13-32-24(18(15)10-21(20)26)6-7-29-11-19(24)22(31)30(16-4-5-16)12-14-2-1-3-17(8-14)33-23(27)28/h1-3,8-10,16,19,23,29H,4-7,11-13H2/t19?,24-/m0/s1. The van der Waals surface area contributed by atoms with Gasteiger partial charge >= 0.3 is 6.61 Å². The zero-order valence-corrected chi connectivity index (χ0v) is 17.8. The molecule has 2 aromatic rings. The second-order valence-corrected chi connectivity index (χ2v) is 8.83. The van der Waals surface area contributed by atoms with Gasteiger partial charge in [-0.3, -0.25) is 4.79 Å². The number of benzene rings is 2. The summed E-state index contributed by atoms with van der Waals surface area (Å²) in [7, 11) is 0. The highest BCUT2D eigenvalue weighted by molar-refractivity contribution is 5.82. The number of fused-ring (bicyclic) bond motifs is 2. The number of hydrogen-bond donors (Lipinski definition) is 1. The quantitative estimate of drug-likeness (QED) is 0.655. The Morgan fingerprint density at radius 3 is 2.76 bits per heavy atom. The van der Waals surface area contributed by atoms with Crippen LogP contribution in [0.3, 0.4) is 0 Å². The maximum atomic E-state index is 14.1. The summed E-state index contributed by atoms with van der Waals surface area (Å²) in [4.78, 5) is 15.6. The predicted molar refractivity (Wildman–Crippen MR) is 110 cm³/mol. The smallest absolute Gasteiger partial charge is 0.387 e. The van der Waals surface area contributed by atoms with E-state index in [-0.39, 0.29) is 30.9 Å². The van der Waals surface area contributed by atoms with Crippen LogP contribution in [0.5, 0.6) is 5.75 Å². The van der Waals surface area contributed by atoms with Gasteiger partial charge in [0.15, 0.2) is 11.6 Å². The third-order valence-electron chi connectivity index (χ3n) is 6.72. The van der Waals surface area contributed by atoms with Crippen molar-refractivity contribution in [3.05, 3.63) is 64.7 Å². The molecule has 2 atom stereocenters. The fraction of sp³-hybridized carbons (Fsp3) is 0.458. The van der Waals surface area contributed by atoms with E-state index in [2.05, 4.69) is 10.1 Å². The van der Waals surface area contributed by atoms with Gasteiger partial charge in [0, 0.05) is 19.1 Å². The normalized spacial score (nSPS) is 24.2. The molecule has 1 amide bonds. The lowest BCUT2D eigenvalue weighted by Gasteiger charge is -2.42. The Kier molecular flexibility index (Phi) is 5.78. The maximum Gasteiger partial charge on any atom is 0.387 e. The highest BCUT2D eigenvalue weighted by Crippen LogP contribution is 2.48. The zero-order chi connectivity index (χ0) is 23.2. The molecule has 1 spiro atoms. The molecule has 1 N–H and O–H groups in total. The molecule has 2 heterocycles. The number of halogens is 4. The summed E-state index contributed by atoms with van der Waals surface area (Å²) < 4.78 is 63.8. The Hall–Kier alpha value is -2.65. The Balaban J connectivity index is 1.44. The summed E-state index contributed by atoms with van der Waals surface area (Å²) in [6.07, 6.45) is 2.16. The second kappa shape index (κ2) is 8.61. The molecular formula is C24H24F4N2O3. The third-order valence-corrected chi connectivity index (χ3v) is 6.72. The van der Waals surface area contributed by atoms with Gasteiger partial charge < -0.3 is 19.7 Å². The van der Waals surface area contributed by atoms with E-state index in [1.807, 2.05) is 0 Å². The van der Waals surface area contributed by atoms with Crippen LogP contribution >= 0.6 is 0 Å². The lowest BCUT2D eigenvalue weighted by Crippen LogP contribution is -2.55. The van der Waals surface area contributed by atoms with Crippen LogP contribution in [-0.4, -0.2) is 36.5 Å². The summed E-state index contributed by atoms with van der Waals surface area (Å²) in [5.41, 5.74) is 0.736. The highest BCUT2D eigenvalue weighted by atomic mass is 19.3. The molecule has 3 aliphatic rings. The molecular weight excluding hydrogens is 440 g/mol. The predicted octanol–water partition coefficient (Wildman–Crippen LogP) is 4.09. The van der Waals surface area contributed by atoms with Crippen molar-refractivity contribution in [3.63, 3.8) is 0 Å². The monoisotopic (exact) mass is 464 g/mol. The van der Waals surface area contributed by atoms with Crippen molar-refractivity contribution in [1.29, 1.82) is 0 Å². The van der Waals surface area contributed by atoms with Crippen molar-refractivity contribution in [2.24, 2.45) is 5.92 Å². The topological polar surface area (TPSA) is 50.8 Å². The Morgan fingerprint density at radius 2 is 2.00 bits per heavy atom. The van der Waals surface area contributed by atoms with Crippen molar-refractivity contribution in [1.82, 2.24) is 10.2 Å². The molecule has 5 rings (SSSR count). The molecule has 9 heteroatoms. The number of hydrogen-bond acceptors (Lipinski definition) is 4. The number of piperidine rings is 1. The first-order valence-corrected chi connectivity index (χ1v) is 11.0. The van der Waals surface area contributed by atoms with E-state index in [9.17, 15) is 22.4 Å². The van der Waals surface area contributed by atoms with Crippen molar-refractivity contribution in [3.8, 4) is 5.75 Å². The minimum atomic E-state index is -2.93. The number of nitrogens with one attached hydrogen (secondary N) is 1. The average Bonchev–Trinajstić information content (AvgIpc) is 3.58. The van der Waals surface area contributed by atoms with Crippen molar-refractivity contribution >= 4 is 5.91 Å². The summed E-state index contributed by atoms with van der Waals surface area (Å²) in [5, 5.41) is 3.23. The Morgan fingerprint density at radius 1 is 1.21 bits per heavy atom. The molecule has 0 aromatic heterocycles. The van der Waals surface area contributed by atoms with Crippen LogP contribution in [-0.2, 0) is 28.3 Å². The number of carbonyl (C=O) groups excluding carboxylic acids is 1. The van der Waals surface area contributed by atoms with Gasteiger partial charge in [-0.1, -0.05) is 12.1 Å². The van der Waals surface area contributed by atoms with Gasteiger partial charge in [0.2, 0.25) is 5.91 Å². The summed E-state index contributed by atoms with van der Waals surface area (Å²) in [6.45, 7) is -1.65. The molecule has 33 heavy (non-hydrogen) atoms. The van der Waals surface area contributed by atoms with Gasteiger partial charge in [-0.15, -0.1) is 0 Å². The van der Waals surface area contributed by atoms with Gasteiger partial charge in [0.1, 0.15) is 11.4 Å². The minimum absolute atomic E-state index is 0.0343. The number of amides is 1. The number of alkyl halides is 2. The summed E-state index contributed by atoms with van der Waals surface area (Å²) in [6, 6.07) is 8.67. The molecule has 1 saturated carbocycles. The highest BCUT2D eigenvalue weighted by Gasteiger charge is 2.53. The van der Waals surface area contributed by atoms with Crippen LogP contribution in [0, 0.1) is 17.6 Å². The van der Waals surface area contributed by atoms with E-state index < -0.39 is 29.8 Å². The first-order chi connectivity index (χ1) is 15.9. The largest absolute Gasteiger partial charge is 0.435 e. The molecule has 176 valence electrons. The van der Waals surface area contributed by atoms with E-state index >= 15 is 0 Å². The SMILES string of the molecule is O=C(C1CNCC[C@@]12OCc1cc(F)c(F)cc12)N(Cc1cccc(OC(F)F)c1)C1CC1. The molecule has 1 unspecified atom stereocenters. The van der Waals surface area contributed by atoms with Crippen molar-refractivity contribution in [2.75, 3.05) is 13.1 Å². The molecule has 2 aliphatic heterocycles. The lowest BCUT2D eigenvalue weighted by molar-refractivity contribution is -0.157. The first-order valence-electron chi connectivity index (χ1n) is 11.0. The van der Waals surface area contributed by atoms with Gasteiger partial charge in [0.25, 0.3) is 0 Å². The van der Waals surface area contributed by atoms with Gasteiger partial charge in [0.05, 0.1) is 12.5 Å². The number of rotatable bonds is 6. The van der Waals surface area contributed by atoms with E-state index in [4.69, 9.17) is 4.74 Å². The fourth-order valence-electron chi connectivity index (χ4n) is 5.02. The van der Waals surface area contributed by atoms with Crippen LogP contribution in [0.2, 0.25) is 0 Å². The van der Waals surface area contributed by atoms with E-state index in [0.29, 0.717) is 36.2 Å². The van der Waals surface area contributed by atoms with E-state index in [1.165, 1.54) is 12.1 Å².